The number of thioether (sulfide) groups is 1. The average molecular weight is 441 g/mol. The van der Waals surface area contributed by atoms with Crippen LogP contribution in [0.3, 0.4) is 0 Å². The van der Waals surface area contributed by atoms with Gasteiger partial charge in [0, 0.05) is 12.6 Å². The van der Waals surface area contributed by atoms with Gasteiger partial charge in [-0.1, -0.05) is 23.1 Å². The highest BCUT2D eigenvalue weighted by Gasteiger charge is 2.21. The van der Waals surface area contributed by atoms with Gasteiger partial charge in [0.05, 0.1) is 5.75 Å². The number of nitrogens with zero attached hydrogens (tertiary/aromatic N) is 5. The van der Waals surface area contributed by atoms with E-state index in [1.165, 1.54) is 29.2 Å². The Morgan fingerprint density at radius 2 is 2.10 bits per heavy atom. The van der Waals surface area contributed by atoms with Gasteiger partial charge < -0.3 is 9.30 Å². The Morgan fingerprint density at radius 3 is 2.76 bits per heavy atom. The molecule has 0 aliphatic carbocycles. The SMILES string of the molecule is CCn1c(SCC(=O)Nc2nnc(C)s2)nnc1C(C)Oc1ccc(F)cc1F. The Labute approximate surface area is 173 Å². The molecule has 0 saturated carbocycles. The number of rotatable bonds is 8. The molecule has 3 aromatic rings. The molecule has 0 aliphatic rings. The van der Waals surface area contributed by atoms with E-state index in [1.807, 2.05) is 6.92 Å². The van der Waals surface area contributed by atoms with Crippen LogP contribution in [0, 0.1) is 18.6 Å². The fraction of sp³-hybridized carbons (Fsp3) is 0.353. The fourth-order valence-electron chi connectivity index (χ4n) is 2.45. The molecule has 29 heavy (non-hydrogen) atoms. The van der Waals surface area contributed by atoms with Crippen LogP contribution in [0.5, 0.6) is 5.75 Å². The second-order valence-electron chi connectivity index (χ2n) is 5.88. The van der Waals surface area contributed by atoms with Crippen molar-refractivity contribution in [1.29, 1.82) is 0 Å². The van der Waals surface area contributed by atoms with E-state index in [0.717, 1.165) is 17.1 Å². The Bertz CT molecular complexity index is 1010. The van der Waals surface area contributed by atoms with E-state index < -0.39 is 17.7 Å². The molecule has 8 nitrogen and oxygen atoms in total. The minimum Gasteiger partial charge on any atom is -0.480 e. The summed E-state index contributed by atoms with van der Waals surface area (Å²) in [4.78, 5) is 12.1. The zero-order chi connectivity index (χ0) is 21.0. The molecule has 12 heteroatoms. The first kappa shape index (κ1) is 21.1. The number of anilines is 1. The number of aryl methyl sites for hydroxylation is 1. The van der Waals surface area contributed by atoms with E-state index in [9.17, 15) is 13.6 Å². The molecule has 3 rings (SSSR count). The molecule has 2 aromatic heterocycles. The van der Waals surface area contributed by atoms with E-state index in [2.05, 4.69) is 25.7 Å². The number of amides is 1. The van der Waals surface area contributed by atoms with Crippen molar-refractivity contribution in [2.45, 2.75) is 38.6 Å². The van der Waals surface area contributed by atoms with Crippen molar-refractivity contribution in [2.75, 3.05) is 11.1 Å². The standard InChI is InChI=1S/C17H18F2N6O2S2/c1-4-25-15(9(2)27-13-6-5-11(18)7-12(13)19)22-24-17(25)28-8-14(26)20-16-23-21-10(3)29-16/h5-7,9H,4,8H2,1-3H3,(H,20,23,26). The van der Waals surface area contributed by atoms with Crippen LogP contribution in [0.4, 0.5) is 13.9 Å². The van der Waals surface area contributed by atoms with Crippen molar-refractivity contribution >= 4 is 34.1 Å². The van der Waals surface area contributed by atoms with Crippen LogP contribution in [-0.4, -0.2) is 36.6 Å². The summed E-state index contributed by atoms with van der Waals surface area (Å²) in [6.07, 6.45) is -0.630. The molecule has 0 aliphatic heterocycles. The lowest BCUT2D eigenvalue weighted by Crippen LogP contribution is -2.15. The van der Waals surface area contributed by atoms with Gasteiger partial charge in [0.2, 0.25) is 11.0 Å². The Hall–Kier alpha value is -2.60. The largest absolute Gasteiger partial charge is 0.480 e. The number of benzene rings is 1. The van der Waals surface area contributed by atoms with E-state index in [4.69, 9.17) is 4.74 Å². The molecular weight excluding hydrogens is 422 g/mol. The number of carbonyl (C=O) groups is 1. The van der Waals surface area contributed by atoms with Gasteiger partial charge in [0.25, 0.3) is 0 Å². The molecule has 0 spiro atoms. The third-order valence-electron chi connectivity index (χ3n) is 3.73. The van der Waals surface area contributed by atoms with Gasteiger partial charge in [-0.25, -0.2) is 8.78 Å². The molecule has 1 aromatic carbocycles. The smallest absolute Gasteiger partial charge is 0.236 e. The quantitative estimate of drug-likeness (QED) is 0.535. The summed E-state index contributed by atoms with van der Waals surface area (Å²) in [6.45, 7) is 5.92. The van der Waals surface area contributed by atoms with Crippen molar-refractivity contribution in [3.05, 3.63) is 40.7 Å². The van der Waals surface area contributed by atoms with Gasteiger partial charge in [0.15, 0.2) is 28.7 Å². The summed E-state index contributed by atoms with van der Waals surface area (Å²) in [7, 11) is 0. The number of halogens is 2. The van der Waals surface area contributed by atoms with Gasteiger partial charge in [-0.2, -0.15) is 0 Å². The maximum atomic E-state index is 13.8. The third-order valence-corrected chi connectivity index (χ3v) is 5.45. The van der Waals surface area contributed by atoms with Crippen molar-refractivity contribution in [3.8, 4) is 5.75 Å². The lowest BCUT2D eigenvalue weighted by Gasteiger charge is -2.16. The Balaban J connectivity index is 1.65. The van der Waals surface area contributed by atoms with Crippen LogP contribution < -0.4 is 10.1 Å². The highest BCUT2D eigenvalue weighted by molar-refractivity contribution is 7.99. The first-order valence-corrected chi connectivity index (χ1v) is 10.4. The lowest BCUT2D eigenvalue weighted by atomic mass is 10.3. The van der Waals surface area contributed by atoms with Crippen LogP contribution in [0.1, 0.15) is 30.8 Å². The van der Waals surface area contributed by atoms with Crippen LogP contribution in [0.2, 0.25) is 0 Å². The highest BCUT2D eigenvalue weighted by Crippen LogP contribution is 2.27. The molecule has 0 radical (unpaired) electrons. The summed E-state index contributed by atoms with van der Waals surface area (Å²) in [6, 6.07) is 3.10. The topological polar surface area (TPSA) is 94.8 Å². The van der Waals surface area contributed by atoms with Crippen LogP contribution in [0.25, 0.3) is 0 Å². The summed E-state index contributed by atoms with van der Waals surface area (Å²) in [5, 5.41) is 20.3. The number of carbonyl (C=O) groups excluding carboxylic acids is 1. The van der Waals surface area contributed by atoms with Gasteiger partial charge in [0.1, 0.15) is 10.8 Å². The molecule has 0 saturated heterocycles. The molecule has 1 N–H and O–H groups in total. The number of aromatic nitrogens is 5. The first-order valence-electron chi connectivity index (χ1n) is 8.65. The maximum absolute atomic E-state index is 13.8. The van der Waals surface area contributed by atoms with Crippen molar-refractivity contribution < 1.29 is 18.3 Å². The van der Waals surface area contributed by atoms with Crippen LogP contribution in [-0.2, 0) is 11.3 Å². The van der Waals surface area contributed by atoms with Gasteiger partial charge in [-0.05, 0) is 32.9 Å². The van der Waals surface area contributed by atoms with Gasteiger partial charge in [-0.15, -0.1) is 20.4 Å². The lowest BCUT2D eigenvalue weighted by molar-refractivity contribution is -0.113. The number of ether oxygens (including phenoxy) is 1. The normalized spacial score (nSPS) is 12.0. The second kappa shape index (κ2) is 9.27. The molecule has 0 bridgehead atoms. The van der Waals surface area contributed by atoms with Crippen molar-refractivity contribution in [3.63, 3.8) is 0 Å². The predicted octanol–water partition coefficient (Wildman–Crippen LogP) is 3.61. The zero-order valence-electron chi connectivity index (χ0n) is 15.8. The van der Waals surface area contributed by atoms with Crippen molar-refractivity contribution in [2.24, 2.45) is 0 Å². The summed E-state index contributed by atoms with van der Waals surface area (Å²) in [5.41, 5.74) is 0. The zero-order valence-corrected chi connectivity index (χ0v) is 17.5. The second-order valence-corrected chi connectivity index (χ2v) is 8.01. The minimum absolute atomic E-state index is 0.0783. The van der Waals surface area contributed by atoms with Gasteiger partial charge >= 0.3 is 0 Å². The summed E-state index contributed by atoms with van der Waals surface area (Å²) in [5.74, 6) is -1.21. The molecule has 1 atom stereocenters. The maximum Gasteiger partial charge on any atom is 0.236 e. The van der Waals surface area contributed by atoms with E-state index >= 15 is 0 Å². The molecule has 1 unspecified atom stereocenters. The Kier molecular flexibility index (Phi) is 6.75. The Morgan fingerprint density at radius 1 is 1.31 bits per heavy atom. The number of hydrogen-bond acceptors (Lipinski definition) is 8. The first-order chi connectivity index (χ1) is 13.9. The minimum atomic E-state index is -0.794. The van der Waals surface area contributed by atoms with Crippen LogP contribution in [0.15, 0.2) is 23.4 Å². The van der Waals surface area contributed by atoms with Gasteiger partial charge in [-0.3, -0.25) is 10.1 Å². The molecule has 0 fully saturated rings. The number of nitrogens with one attached hydrogen (secondary N) is 1. The predicted molar refractivity (Wildman–Crippen MR) is 105 cm³/mol. The average Bonchev–Trinajstić information content (AvgIpc) is 3.27. The summed E-state index contributed by atoms with van der Waals surface area (Å²) >= 11 is 2.50. The summed E-state index contributed by atoms with van der Waals surface area (Å²) < 4.78 is 34.3. The molecule has 2 heterocycles. The highest BCUT2D eigenvalue weighted by atomic mass is 32.2. The molecule has 1 amide bonds. The van der Waals surface area contributed by atoms with E-state index in [-0.39, 0.29) is 17.4 Å². The molecule has 154 valence electrons. The number of hydrogen-bond donors (Lipinski definition) is 1. The fourth-order valence-corrected chi connectivity index (χ4v) is 3.87. The van der Waals surface area contributed by atoms with Crippen molar-refractivity contribution in [1.82, 2.24) is 25.0 Å². The molecular formula is C17H18F2N6O2S2. The monoisotopic (exact) mass is 440 g/mol. The van der Waals surface area contributed by atoms with E-state index in [0.29, 0.717) is 22.7 Å². The van der Waals surface area contributed by atoms with E-state index in [1.54, 1.807) is 18.4 Å². The van der Waals surface area contributed by atoms with Crippen LogP contribution >= 0.6 is 23.1 Å². The third kappa shape index (κ3) is 5.26.